The molecule has 0 radical (unpaired) electrons. The second-order valence-corrected chi connectivity index (χ2v) is 3.52. The maximum atomic E-state index is 9.58. The van der Waals surface area contributed by atoms with Crippen LogP contribution in [0.1, 0.15) is 30.9 Å². The highest BCUT2D eigenvalue weighted by atomic mass is 16.5. The van der Waals surface area contributed by atoms with Gasteiger partial charge in [-0.05, 0) is 30.5 Å². The molecule has 0 bridgehead atoms. The van der Waals surface area contributed by atoms with Gasteiger partial charge in [0.05, 0.1) is 7.11 Å². The molecule has 0 spiro atoms. The highest BCUT2D eigenvalue weighted by molar-refractivity contribution is 5.47. The molecule has 1 aromatic rings. The van der Waals surface area contributed by atoms with Gasteiger partial charge in [0.1, 0.15) is 11.5 Å². The third kappa shape index (κ3) is 1.94. The standard InChI is InChI=1S/C11H16O2/c1-7(2)9-5-10(12)8(3)11(6-9)13-4/h5-7,12H,1-4H3. The van der Waals surface area contributed by atoms with E-state index in [1.54, 1.807) is 13.2 Å². The fourth-order valence-electron chi connectivity index (χ4n) is 1.24. The van der Waals surface area contributed by atoms with Gasteiger partial charge in [-0.1, -0.05) is 13.8 Å². The molecule has 1 aromatic carbocycles. The van der Waals surface area contributed by atoms with Crippen molar-refractivity contribution in [1.82, 2.24) is 0 Å². The van der Waals surface area contributed by atoms with E-state index < -0.39 is 0 Å². The van der Waals surface area contributed by atoms with Gasteiger partial charge in [-0.15, -0.1) is 0 Å². The Kier molecular flexibility index (Phi) is 2.81. The molecular formula is C11H16O2. The molecule has 0 amide bonds. The minimum Gasteiger partial charge on any atom is -0.508 e. The molecule has 0 aliphatic carbocycles. The van der Waals surface area contributed by atoms with Crippen LogP contribution >= 0.6 is 0 Å². The van der Waals surface area contributed by atoms with Gasteiger partial charge in [-0.25, -0.2) is 0 Å². The van der Waals surface area contributed by atoms with Crippen LogP contribution in [0.5, 0.6) is 11.5 Å². The molecular weight excluding hydrogens is 164 g/mol. The van der Waals surface area contributed by atoms with Crippen LogP contribution in [0.15, 0.2) is 12.1 Å². The van der Waals surface area contributed by atoms with Crippen LogP contribution in [-0.2, 0) is 0 Å². The molecule has 13 heavy (non-hydrogen) atoms. The predicted octanol–water partition coefficient (Wildman–Crippen LogP) is 2.83. The van der Waals surface area contributed by atoms with Gasteiger partial charge < -0.3 is 9.84 Å². The molecule has 72 valence electrons. The average Bonchev–Trinajstić information content (AvgIpc) is 2.09. The third-order valence-corrected chi connectivity index (χ3v) is 2.24. The molecule has 0 unspecified atom stereocenters. The van der Waals surface area contributed by atoms with E-state index in [0.717, 1.165) is 16.9 Å². The summed E-state index contributed by atoms with van der Waals surface area (Å²) in [6.07, 6.45) is 0. The first kappa shape index (κ1) is 9.90. The smallest absolute Gasteiger partial charge is 0.125 e. The molecule has 0 saturated heterocycles. The van der Waals surface area contributed by atoms with Crippen molar-refractivity contribution in [1.29, 1.82) is 0 Å². The Morgan fingerprint density at radius 1 is 1.31 bits per heavy atom. The van der Waals surface area contributed by atoms with Crippen molar-refractivity contribution >= 4 is 0 Å². The molecule has 0 fully saturated rings. The van der Waals surface area contributed by atoms with E-state index in [1.165, 1.54) is 0 Å². The number of phenols is 1. The molecule has 0 atom stereocenters. The first-order valence-electron chi connectivity index (χ1n) is 4.43. The number of hydrogen-bond donors (Lipinski definition) is 1. The number of hydrogen-bond acceptors (Lipinski definition) is 2. The number of ether oxygens (including phenoxy) is 1. The molecule has 0 heterocycles. The molecule has 0 aromatic heterocycles. The SMILES string of the molecule is COc1cc(C(C)C)cc(O)c1C. The van der Waals surface area contributed by atoms with Gasteiger partial charge in [0.15, 0.2) is 0 Å². The van der Waals surface area contributed by atoms with Gasteiger partial charge in [0.25, 0.3) is 0 Å². The largest absolute Gasteiger partial charge is 0.508 e. The lowest BCUT2D eigenvalue weighted by molar-refractivity contribution is 0.401. The monoisotopic (exact) mass is 180 g/mol. The zero-order chi connectivity index (χ0) is 10.0. The molecule has 0 aliphatic rings. The minimum absolute atomic E-state index is 0.308. The number of phenolic OH excluding ortho intramolecular Hbond substituents is 1. The fraction of sp³-hybridized carbons (Fsp3) is 0.455. The maximum absolute atomic E-state index is 9.58. The summed E-state index contributed by atoms with van der Waals surface area (Å²) in [4.78, 5) is 0. The summed E-state index contributed by atoms with van der Waals surface area (Å²) < 4.78 is 5.16. The summed E-state index contributed by atoms with van der Waals surface area (Å²) in [5.41, 5.74) is 1.90. The highest BCUT2D eigenvalue weighted by Crippen LogP contribution is 2.31. The average molecular weight is 180 g/mol. The van der Waals surface area contributed by atoms with E-state index in [1.807, 2.05) is 13.0 Å². The van der Waals surface area contributed by atoms with Crippen molar-refractivity contribution in [2.45, 2.75) is 26.7 Å². The normalized spacial score (nSPS) is 10.5. The first-order chi connectivity index (χ1) is 6.06. The highest BCUT2D eigenvalue weighted by Gasteiger charge is 2.08. The van der Waals surface area contributed by atoms with Crippen LogP contribution in [-0.4, -0.2) is 12.2 Å². The summed E-state index contributed by atoms with van der Waals surface area (Å²) >= 11 is 0. The van der Waals surface area contributed by atoms with E-state index in [4.69, 9.17) is 4.74 Å². The van der Waals surface area contributed by atoms with Gasteiger partial charge in [-0.3, -0.25) is 0 Å². The van der Waals surface area contributed by atoms with Crippen molar-refractivity contribution in [3.8, 4) is 11.5 Å². The molecule has 0 saturated carbocycles. The summed E-state index contributed by atoms with van der Waals surface area (Å²) in [6, 6.07) is 3.77. The quantitative estimate of drug-likeness (QED) is 0.758. The predicted molar refractivity (Wildman–Crippen MR) is 53.5 cm³/mol. The van der Waals surface area contributed by atoms with Crippen LogP contribution in [0.3, 0.4) is 0 Å². The van der Waals surface area contributed by atoms with E-state index >= 15 is 0 Å². The van der Waals surface area contributed by atoms with Crippen molar-refractivity contribution in [3.05, 3.63) is 23.3 Å². The Balaban J connectivity index is 3.22. The lowest BCUT2D eigenvalue weighted by atomic mass is 10.0. The summed E-state index contributed by atoms with van der Waals surface area (Å²) in [7, 11) is 1.62. The Hall–Kier alpha value is -1.18. The molecule has 1 N–H and O–H groups in total. The van der Waals surface area contributed by atoms with Gasteiger partial charge in [0.2, 0.25) is 0 Å². The topological polar surface area (TPSA) is 29.5 Å². The van der Waals surface area contributed by atoms with E-state index in [9.17, 15) is 5.11 Å². The van der Waals surface area contributed by atoms with Crippen molar-refractivity contribution in [3.63, 3.8) is 0 Å². The molecule has 0 aliphatic heterocycles. The number of benzene rings is 1. The van der Waals surface area contributed by atoms with Gasteiger partial charge in [0, 0.05) is 5.56 Å². The summed E-state index contributed by atoms with van der Waals surface area (Å²) in [5.74, 6) is 1.46. The van der Waals surface area contributed by atoms with Crippen LogP contribution in [0.2, 0.25) is 0 Å². The molecule has 1 rings (SSSR count). The Morgan fingerprint density at radius 3 is 2.38 bits per heavy atom. The maximum Gasteiger partial charge on any atom is 0.125 e. The Bertz CT molecular complexity index is 303. The van der Waals surface area contributed by atoms with Crippen LogP contribution in [0, 0.1) is 6.92 Å². The minimum atomic E-state index is 0.308. The van der Waals surface area contributed by atoms with E-state index in [-0.39, 0.29) is 0 Å². The second kappa shape index (κ2) is 3.69. The fourth-order valence-corrected chi connectivity index (χ4v) is 1.24. The number of rotatable bonds is 2. The van der Waals surface area contributed by atoms with Crippen molar-refractivity contribution < 1.29 is 9.84 Å². The van der Waals surface area contributed by atoms with E-state index in [2.05, 4.69) is 13.8 Å². The summed E-state index contributed by atoms with van der Waals surface area (Å²) in [5, 5.41) is 9.58. The lowest BCUT2D eigenvalue weighted by Gasteiger charge is -2.11. The van der Waals surface area contributed by atoms with Crippen molar-refractivity contribution in [2.24, 2.45) is 0 Å². The Labute approximate surface area is 79.2 Å². The number of methoxy groups -OCH3 is 1. The zero-order valence-electron chi connectivity index (χ0n) is 8.59. The first-order valence-corrected chi connectivity index (χ1v) is 4.43. The van der Waals surface area contributed by atoms with Gasteiger partial charge in [-0.2, -0.15) is 0 Å². The molecule has 2 nitrogen and oxygen atoms in total. The Morgan fingerprint density at radius 2 is 1.92 bits per heavy atom. The summed E-state index contributed by atoms with van der Waals surface area (Å²) in [6.45, 7) is 6.02. The van der Waals surface area contributed by atoms with Crippen molar-refractivity contribution in [2.75, 3.05) is 7.11 Å². The van der Waals surface area contributed by atoms with Crippen LogP contribution in [0.25, 0.3) is 0 Å². The van der Waals surface area contributed by atoms with Crippen LogP contribution < -0.4 is 4.74 Å². The lowest BCUT2D eigenvalue weighted by Crippen LogP contribution is -1.93. The third-order valence-electron chi connectivity index (χ3n) is 2.24. The second-order valence-electron chi connectivity index (χ2n) is 3.52. The van der Waals surface area contributed by atoms with E-state index in [0.29, 0.717) is 11.7 Å². The number of aromatic hydroxyl groups is 1. The molecule has 2 heteroatoms. The van der Waals surface area contributed by atoms with Crippen LogP contribution in [0.4, 0.5) is 0 Å². The zero-order valence-corrected chi connectivity index (χ0v) is 8.59. The van der Waals surface area contributed by atoms with Gasteiger partial charge >= 0.3 is 0 Å².